The normalized spacial score (nSPS) is 13.6. The molecule has 4 rings (SSSR count). The molecule has 8 nitrogen and oxygen atoms in total. The Balaban J connectivity index is 1.31. The summed E-state index contributed by atoms with van der Waals surface area (Å²) >= 11 is 1.23. The Morgan fingerprint density at radius 1 is 1.03 bits per heavy atom. The van der Waals surface area contributed by atoms with Gasteiger partial charge in [-0.2, -0.15) is 0 Å². The van der Waals surface area contributed by atoms with Crippen LogP contribution in [0.4, 0.5) is 21.3 Å². The number of nitrogens with zero attached hydrogens (tertiary/aromatic N) is 3. The minimum absolute atomic E-state index is 0.126. The summed E-state index contributed by atoms with van der Waals surface area (Å²) < 4.78 is 5.30. The number of methoxy groups -OCH3 is 1. The highest BCUT2D eigenvalue weighted by molar-refractivity contribution is 7.14. The number of urea groups is 1. The third-order valence-corrected chi connectivity index (χ3v) is 5.96. The van der Waals surface area contributed by atoms with Crippen molar-refractivity contribution < 1.29 is 14.3 Å². The summed E-state index contributed by atoms with van der Waals surface area (Å²) in [6.07, 6.45) is 0. The molecule has 0 spiro atoms. The second-order valence-corrected chi connectivity index (χ2v) is 8.33. The number of carbonyl (C=O) groups is 2. The molecule has 9 heteroatoms. The van der Waals surface area contributed by atoms with Gasteiger partial charge in [0, 0.05) is 49.0 Å². The van der Waals surface area contributed by atoms with Crippen molar-refractivity contribution in [1.82, 2.24) is 9.88 Å². The van der Waals surface area contributed by atoms with Crippen LogP contribution in [0, 0.1) is 6.92 Å². The molecule has 1 fully saturated rings. The van der Waals surface area contributed by atoms with Crippen molar-refractivity contribution in [3.63, 3.8) is 0 Å². The third kappa shape index (κ3) is 5.17. The first kappa shape index (κ1) is 21.6. The minimum atomic E-state index is -0.393. The molecule has 1 aliphatic rings. The van der Waals surface area contributed by atoms with Crippen molar-refractivity contribution in [3.8, 4) is 5.75 Å². The molecule has 3 aromatic rings. The Hall–Kier alpha value is -3.59. The van der Waals surface area contributed by atoms with Crippen LogP contribution in [0.2, 0.25) is 0 Å². The fourth-order valence-corrected chi connectivity index (χ4v) is 4.23. The molecular weight excluding hydrogens is 426 g/mol. The maximum absolute atomic E-state index is 12.9. The number of aryl methyl sites for hydroxylation is 1. The number of rotatable bonds is 5. The molecule has 3 amide bonds. The van der Waals surface area contributed by atoms with Gasteiger partial charge in [-0.3, -0.25) is 10.1 Å². The topological polar surface area (TPSA) is 86.8 Å². The number of hydrogen-bond acceptors (Lipinski definition) is 6. The lowest BCUT2D eigenvalue weighted by Crippen LogP contribution is -2.48. The molecule has 0 aliphatic carbocycles. The minimum Gasteiger partial charge on any atom is -0.497 e. The van der Waals surface area contributed by atoms with E-state index < -0.39 is 6.03 Å². The Morgan fingerprint density at radius 2 is 1.81 bits per heavy atom. The van der Waals surface area contributed by atoms with Gasteiger partial charge in [0.15, 0.2) is 5.13 Å². The molecule has 2 aromatic carbocycles. The first-order valence-corrected chi connectivity index (χ1v) is 11.2. The van der Waals surface area contributed by atoms with E-state index in [2.05, 4.69) is 20.5 Å². The molecule has 1 saturated heterocycles. The van der Waals surface area contributed by atoms with Gasteiger partial charge in [-0.15, -0.1) is 11.3 Å². The Kier molecular flexibility index (Phi) is 6.55. The van der Waals surface area contributed by atoms with Crippen molar-refractivity contribution in [2.75, 3.05) is 48.8 Å². The monoisotopic (exact) mass is 451 g/mol. The first-order chi connectivity index (χ1) is 15.5. The number of carbonyl (C=O) groups excluding carboxylic acids is 2. The highest BCUT2D eigenvalue weighted by Crippen LogP contribution is 2.23. The van der Waals surface area contributed by atoms with Crippen LogP contribution in [-0.2, 0) is 0 Å². The molecule has 0 unspecified atom stereocenters. The zero-order valence-electron chi connectivity index (χ0n) is 18.0. The van der Waals surface area contributed by atoms with Gasteiger partial charge in [-0.1, -0.05) is 18.2 Å². The van der Waals surface area contributed by atoms with Gasteiger partial charge in [-0.25, -0.2) is 9.78 Å². The van der Waals surface area contributed by atoms with Crippen LogP contribution < -0.4 is 20.3 Å². The summed E-state index contributed by atoms with van der Waals surface area (Å²) in [5, 5.41) is 7.52. The summed E-state index contributed by atoms with van der Waals surface area (Å²) in [5.74, 6) is 0.689. The van der Waals surface area contributed by atoms with E-state index in [4.69, 9.17) is 4.74 Å². The van der Waals surface area contributed by atoms with E-state index in [-0.39, 0.29) is 5.91 Å². The number of piperazine rings is 1. The van der Waals surface area contributed by atoms with Crippen molar-refractivity contribution >= 4 is 39.8 Å². The number of benzene rings is 2. The Bertz CT molecular complexity index is 1110. The molecule has 0 bridgehead atoms. The number of ether oxygens (including phenoxy) is 1. The molecule has 2 heterocycles. The molecule has 0 radical (unpaired) electrons. The summed E-state index contributed by atoms with van der Waals surface area (Å²) in [4.78, 5) is 33.4. The quantitative estimate of drug-likeness (QED) is 0.611. The molecule has 32 heavy (non-hydrogen) atoms. The van der Waals surface area contributed by atoms with Crippen LogP contribution in [-0.4, -0.2) is 55.1 Å². The number of anilines is 3. The van der Waals surface area contributed by atoms with Gasteiger partial charge in [-0.05, 0) is 36.8 Å². The second kappa shape index (κ2) is 9.69. The lowest BCUT2D eigenvalue weighted by atomic mass is 10.2. The van der Waals surface area contributed by atoms with Crippen molar-refractivity contribution in [2.24, 2.45) is 0 Å². The molecule has 1 aromatic heterocycles. The van der Waals surface area contributed by atoms with Crippen LogP contribution in [0.15, 0.2) is 53.9 Å². The first-order valence-electron chi connectivity index (χ1n) is 10.3. The van der Waals surface area contributed by atoms with E-state index in [9.17, 15) is 9.59 Å². The Morgan fingerprint density at radius 3 is 2.56 bits per heavy atom. The van der Waals surface area contributed by atoms with Crippen LogP contribution >= 0.6 is 11.3 Å². The van der Waals surface area contributed by atoms with Crippen molar-refractivity contribution in [2.45, 2.75) is 6.92 Å². The van der Waals surface area contributed by atoms with Gasteiger partial charge >= 0.3 is 6.03 Å². The van der Waals surface area contributed by atoms with Crippen LogP contribution in [0.3, 0.4) is 0 Å². The molecule has 1 aliphatic heterocycles. The van der Waals surface area contributed by atoms with Crippen LogP contribution in [0.5, 0.6) is 5.75 Å². The highest BCUT2D eigenvalue weighted by atomic mass is 32.1. The highest BCUT2D eigenvalue weighted by Gasteiger charge is 2.24. The number of amides is 3. The van der Waals surface area contributed by atoms with Gasteiger partial charge < -0.3 is 19.9 Å². The SMILES string of the molecule is COc1cccc(N2CCN(C(=O)c3csc(NC(=O)Nc4cccc(C)c4)n3)CC2)c1. The van der Waals surface area contributed by atoms with E-state index in [1.54, 1.807) is 17.4 Å². The van der Waals surface area contributed by atoms with E-state index in [1.165, 1.54) is 11.3 Å². The molecule has 2 N–H and O–H groups in total. The lowest BCUT2D eigenvalue weighted by molar-refractivity contribution is 0.0741. The van der Waals surface area contributed by atoms with Gasteiger partial charge in [0.2, 0.25) is 0 Å². The number of thiazole rings is 1. The predicted molar refractivity (Wildman–Crippen MR) is 127 cm³/mol. The summed E-state index contributed by atoms with van der Waals surface area (Å²) in [5.41, 5.74) is 3.17. The number of aromatic nitrogens is 1. The van der Waals surface area contributed by atoms with Gasteiger partial charge in [0.05, 0.1) is 7.11 Å². The largest absolute Gasteiger partial charge is 0.497 e. The van der Waals surface area contributed by atoms with E-state index in [0.29, 0.717) is 29.6 Å². The van der Waals surface area contributed by atoms with E-state index in [1.807, 2.05) is 55.5 Å². The molecule has 0 atom stereocenters. The standard InChI is InChI=1S/C23H25N5O3S/c1-16-5-3-6-17(13-16)24-22(30)26-23-25-20(15-32-23)21(29)28-11-9-27(10-12-28)18-7-4-8-19(14-18)31-2/h3-8,13-15H,9-12H2,1-2H3,(H2,24,25,26,30). The van der Waals surface area contributed by atoms with E-state index in [0.717, 1.165) is 30.1 Å². The molecule has 0 saturated carbocycles. The maximum Gasteiger partial charge on any atom is 0.325 e. The molecular formula is C23H25N5O3S. The van der Waals surface area contributed by atoms with Crippen LogP contribution in [0.25, 0.3) is 0 Å². The fourth-order valence-electron chi connectivity index (χ4n) is 3.55. The average molecular weight is 452 g/mol. The lowest BCUT2D eigenvalue weighted by Gasteiger charge is -2.35. The zero-order chi connectivity index (χ0) is 22.5. The second-order valence-electron chi connectivity index (χ2n) is 7.47. The van der Waals surface area contributed by atoms with Crippen molar-refractivity contribution in [1.29, 1.82) is 0 Å². The number of nitrogens with one attached hydrogen (secondary N) is 2. The molecule has 166 valence electrons. The van der Waals surface area contributed by atoms with Gasteiger partial charge in [0.1, 0.15) is 11.4 Å². The smallest absolute Gasteiger partial charge is 0.325 e. The van der Waals surface area contributed by atoms with Crippen molar-refractivity contribution in [3.05, 3.63) is 65.2 Å². The average Bonchev–Trinajstić information content (AvgIpc) is 3.27. The summed E-state index contributed by atoms with van der Waals surface area (Å²) in [6.45, 7) is 4.62. The Labute approximate surface area is 190 Å². The summed E-state index contributed by atoms with van der Waals surface area (Å²) in [6, 6.07) is 15.0. The maximum atomic E-state index is 12.9. The van der Waals surface area contributed by atoms with Crippen LogP contribution in [0.1, 0.15) is 16.1 Å². The zero-order valence-corrected chi connectivity index (χ0v) is 18.8. The summed E-state index contributed by atoms with van der Waals surface area (Å²) in [7, 11) is 1.65. The van der Waals surface area contributed by atoms with E-state index >= 15 is 0 Å². The fraction of sp³-hybridized carbons (Fsp3) is 0.261. The third-order valence-electron chi connectivity index (χ3n) is 5.21. The predicted octanol–water partition coefficient (Wildman–Crippen LogP) is 4.07. The number of hydrogen-bond donors (Lipinski definition) is 2. The van der Waals surface area contributed by atoms with Gasteiger partial charge in [0.25, 0.3) is 5.91 Å².